The van der Waals surface area contributed by atoms with E-state index in [1.54, 1.807) is 21.9 Å². The molecule has 0 bridgehead atoms. The molecule has 2 saturated heterocycles. The van der Waals surface area contributed by atoms with Gasteiger partial charge < -0.3 is 19.4 Å². The van der Waals surface area contributed by atoms with Gasteiger partial charge in [-0.2, -0.15) is 5.26 Å². The molecule has 3 rings (SSSR count). The van der Waals surface area contributed by atoms with Crippen LogP contribution in [-0.2, 0) is 4.74 Å². The smallest absolute Gasteiger partial charge is 0.410 e. The highest BCUT2D eigenvalue weighted by molar-refractivity contribution is 5.94. The zero-order valence-corrected chi connectivity index (χ0v) is 15.1. The molecule has 0 unspecified atom stereocenters. The summed E-state index contributed by atoms with van der Waals surface area (Å²) in [6, 6.07) is 5.10. The number of nitriles is 1. The van der Waals surface area contributed by atoms with Gasteiger partial charge in [-0.3, -0.25) is 4.79 Å². The van der Waals surface area contributed by atoms with Crippen molar-refractivity contribution >= 4 is 12.0 Å². The van der Waals surface area contributed by atoms with Crippen molar-refractivity contribution in [1.82, 2.24) is 19.7 Å². The van der Waals surface area contributed by atoms with Gasteiger partial charge in [-0.05, 0) is 26.2 Å². The molecule has 0 saturated carbocycles. The summed E-state index contributed by atoms with van der Waals surface area (Å²) in [6.45, 7) is 3.09. The molecular weight excluding hydrogens is 334 g/mol. The number of nitrogens with zero attached hydrogens (tertiary/aromatic N) is 5. The predicted octanol–water partition coefficient (Wildman–Crippen LogP) is 0.942. The number of amides is 2. The fourth-order valence-corrected chi connectivity index (χ4v) is 3.33. The highest BCUT2D eigenvalue weighted by Crippen LogP contribution is 2.33. The summed E-state index contributed by atoms with van der Waals surface area (Å²) < 4.78 is 5.68. The molecular formula is C18H23N5O3. The number of aromatic nitrogens is 1. The Kier molecular flexibility index (Phi) is 5.09. The van der Waals surface area contributed by atoms with Crippen LogP contribution in [0.2, 0.25) is 0 Å². The van der Waals surface area contributed by atoms with Gasteiger partial charge in [-0.25, -0.2) is 9.78 Å². The molecule has 2 aliphatic rings. The largest absolute Gasteiger partial charge is 0.441 e. The van der Waals surface area contributed by atoms with Crippen molar-refractivity contribution in [3.63, 3.8) is 0 Å². The number of carbonyl (C=O) groups excluding carboxylic acids is 2. The van der Waals surface area contributed by atoms with Crippen LogP contribution in [0.25, 0.3) is 0 Å². The molecule has 1 aromatic rings. The first kappa shape index (κ1) is 18.1. The first-order valence-electron chi connectivity index (χ1n) is 8.70. The van der Waals surface area contributed by atoms with E-state index in [0.717, 1.165) is 6.54 Å². The van der Waals surface area contributed by atoms with Gasteiger partial charge in [-0.1, -0.05) is 0 Å². The second-order valence-electron chi connectivity index (χ2n) is 7.11. The number of ether oxygens (including phenoxy) is 1. The van der Waals surface area contributed by atoms with Gasteiger partial charge in [-0.15, -0.1) is 0 Å². The molecule has 8 heteroatoms. The van der Waals surface area contributed by atoms with Gasteiger partial charge in [0.1, 0.15) is 17.4 Å². The SMILES string of the molecule is CN(C)CCN1CC2(CCN(C(=O)c3ccc(C#N)nc3)CC2)OC1=O. The third-order valence-corrected chi connectivity index (χ3v) is 4.95. The summed E-state index contributed by atoms with van der Waals surface area (Å²) in [5, 5.41) is 8.79. The van der Waals surface area contributed by atoms with Crippen molar-refractivity contribution in [2.75, 3.05) is 46.8 Å². The van der Waals surface area contributed by atoms with Crippen LogP contribution in [0.15, 0.2) is 18.3 Å². The summed E-state index contributed by atoms with van der Waals surface area (Å²) in [6.07, 6.45) is 2.44. The Morgan fingerprint density at radius 3 is 2.69 bits per heavy atom. The Morgan fingerprint density at radius 1 is 1.38 bits per heavy atom. The van der Waals surface area contributed by atoms with Crippen LogP contribution in [-0.4, -0.2) is 84.1 Å². The minimum Gasteiger partial charge on any atom is -0.441 e. The molecule has 0 aromatic carbocycles. The number of carbonyl (C=O) groups is 2. The lowest BCUT2D eigenvalue weighted by Gasteiger charge is -2.37. The lowest BCUT2D eigenvalue weighted by atomic mass is 9.91. The quantitative estimate of drug-likeness (QED) is 0.797. The summed E-state index contributed by atoms with van der Waals surface area (Å²) in [4.78, 5) is 34.2. The van der Waals surface area contributed by atoms with E-state index < -0.39 is 5.60 Å². The number of rotatable bonds is 4. The van der Waals surface area contributed by atoms with Crippen molar-refractivity contribution in [3.8, 4) is 6.07 Å². The number of pyridine rings is 1. The second kappa shape index (κ2) is 7.30. The molecule has 0 N–H and O–H groups in total. The molecule has 2 amide bonds. The van der Waals surface area contributed by atoms with E-state index in [4.69, 9.17) is 10.00 Å². The van der Waals surface area contributed by atoms with E-state index in [1.165, 1.54) is 6.20 Å². The first-order valence-corrected chi connectivity index (χ1v) is 8.70. The standard InChI is InChI=1S/C18H23N5O3/c1-21(2)9-10-23-13-18(26-17(23)25)5-7-22(8-6-18)16(24)14-3-4-15(11-19)20-12-14/h3-4,12H,5-10,13H2,1-2H3. The van der Waals surface area contributed by atoms with E-state index in [9.17, 15) is 9.59 Å². The number of likely N-dealkylation sites (tertiary alicyclic amines) is 1. The maximum Gasteiger partial charge on any atom is 0.410 e. The molecule has 0 radical (unpaired) electrons. The van der Waals surface area contributed by atoms with Crippen LogP contribution in [0, 0.1) is 11.3 Å². The van der Waals surface area contributed by atoms with Crippen molar-refractivity contribution in [2.45, 2.75) is 18.4 Å². The van der Waals surface area contributed by atoms with E-state index >= 15 is 0 Å². The minimum atomic E-state index is -0.483. The average molecular weight is 357 g/mol. The zero-order valence-electron chi connectivity index (χ0n) is 15.1. The van der Waals surface area contributed by atoms with E-state index in [2.05, 4.69) is 4.98 Å². The highest BCUT2D eigenvalue weighted by Gasteiger charge is 2.47. The lowest BCUT2D eigenvalue weighted by Crippen LogP contribution is -2.49. The molecule has 138 valence electrons. The summed E-state index contributed by atoms with van der Waals surface area (Å²) >= 11 is 0. The molecule has 3 heterocycles. The molecule has 1 spiro atoms. The van der Waals surface area contributed by atoms with Crippen molar-refractivity contribution in [1.29, 1.82) is 5.26 Å². The van der Waals surface area contributed by atoms with Crippen molar-refractivity contribution in [2.24, 2.45) is 0 Å². The lowest BCUT2D eigenvalue weighted by molar-refractivity contribution is 0.00312. The summed E-state index contributed by atoms with van der Waals surface area (Å²) in [7, 11) is 3.94. The van der Waals surface area contributed by atoms with Crippen molar-refractivity contribution in [3.05, 3.63) is 29.6 Å². The normalized spacial score (nSPS) is 18.9. The van der Waals surface area contributed by atoms with Crippen molar-refractivity contribution < 1.29 is 14.3 Å². The molecule has 8 nitrogen and oxygen atoms in total. The maximum absolute atomic E-state index is 12.6. The number of hydrogen-bond donors (Lipinski definition) is 0. The fraction of sp³-hybridized carbons (Fsp3) is 0.556. The fourth-order valence-electron chi connectivity index (χ4n) is 3.33. The zero-order chi connectivity index (χ0) is 18.7. The topological polar surface area (TPSA) is 89.8 Å². The average Bonchev–Trinajstić information content (AvgIpc) is 2.95. The Labute approximate surface area is 152 Å². The molecule has 0 atom stereocenters. The number of likely N-dealkylation sites (N-methyl/N-ethyl adjacent to an activating group) is 1. The minimum absolute atomic E-state index is 0.106. The molecule has 1 aromatic heterocycles. The Morgan fingerprint density at radius 2 is 2.12 bits per heavy atom. The Balaban J connectivity index is 1.57. The van der Waals surface area contributed by atoms with Gasteiger partial charge in [0.25, 0.3) is 5.91 Å². The van der Waals surface area contributed by atoms with Gasteiger partial charge >= 0.3 is 6.09 Å². The van der Waals surface area contributed by atoms with Crippen LogP contribution in [0.1, 0.15) is 28.9 Å². The second-order valence-corrected chi connectivity index (χ2v) is 7.11. The number of hydrogen-bond acceptors (Lipinski definition) is 6. The number of piperidine rings is 1. The van der Waals surface area contributed by atoms with Gasteiger partial charge in [0.05, 0.1) is 12.1 Å². The van der Waals surface area contributed by atoms with Gasteiger partial charge in [0, 0.05) is 45.2 Å². The van der Waals surface area contributed by atoms with Crippen LogP contribution in [0.4, 0.5) is 4.79 Å². The van der Waals surface area contributed by atoms with E-state index in [0.29, 0.717) is 44.6 Å². The van der Waals surface area contributed by atoms with Crippen LogP contribution in [0.3, 0.4) is 0 Å². The third kappa shape index (κ3) is 3.78. The summed E-state index contributed by atoms with van der Waals surface area (Å²) in [5.74, 6) is -0.106. The molecule has 26 heavy (non-hydrogen) atoms. The highest BCUT2D eigenvalue weighted by atomic mass is 16.6. The van der Waals surface area contributed by atoms with E-state index in [1.807, 2.05) is 25.1 Å². The van der Waals surface area contributed by atoms with Crippen LogP contribution in [0.5, 0.6) is 0 Å². The monoisotopic (exact) mass is 357 g/mol. The molecule has 2 fully saturated rings. The third-order valence-electron chi connectivity index (χ3n) is 4.95. The summed E-state index contributed by atoms with van der Waals surface area (Å²) in [5.41, 5.74) is 0.272. The van der Waals surface area contributed by atoms with E-state index in [-0.39, 0.29) is 17.7 Å². The predicted molar refractivity (Wildman–Crippen MR) is 93.4 cm³/mol. The Hall–Kier alpha value is -2.66. The first-order chi connectivity index (χ1) is 12.4. The van der Waals surface area contributed by atoms with Crippen LogP contribution >= 0.6 is 0 Å². The molecule has 0 aliphatic carbocycles. The van der Waals surface area contributed by atoms with Gasteiger partial charge in [0.15, 0.2) is 0 Å². The van der Waals surface area contributed by atoms with Crippen LogP contribution < -0.4 is 0 Å². The Bertz CT molecular complexity index is 717. The van der Waals surface area contributed by atoms with Gasteiger partial charge in [0.2, 0.25) is 0 Å². The maximum atomic E-state index is 12.6. The molecule has 2 aliphatic heterocycles.